The fourth-order valence-electron chi connectivity index (χ4n) is 2.26. The average molecular weight is 344 g/mol. The molecule has 0 fully saturated rings. The molecule has 1 atom stereocenters. The van der Waals surface area contributed by atoms with E-state index < -0.39 is 0 Å². The lowest BCUT2D eigenvalue weighted by atomic mass is 10.1. The van der Waals surface area contributed by atoms with E-state index in [-0.39, 0.29) is 6.10 Å². The molecular weight excluding hydrogens is 316 g/mol. The molecule has 2 aromatic rings. The first-order valence-corrected chi connectivity index (χ1v) is 8.62. The lowest BCUT2D eigenvalue weighted by molar-refractivity contribution is 0.222. The van der Waals surface area contributed by atoms with Gasteiger partial charge >= 0.3 is 0 Å². The molecule has 0 bridgehead atoms. The Hall–Kier alpha value is -2.50. The van der Waals surface area contributed by atoms with Crippen LogP contribution in [0.4, 0.5) is 0 Å². The second-order valence-electron chi connectivity index (χ2n) is 6.37. The maximum absolute atomic E-state index is 5.96. The number of hydrogen-bond donors (Lipinski definition) is 2. The summed E-state index contributed by atoms with van der Waals surface area (Å²) in [6, 6.07) is 9.97. The number of rotatable bonds is 7. The fraction of sp³-hybridized carbons (Fsp3) is 0.474. The van der Waals surface area contributed by atoms with Crippen molar-refractivity contribution in [3.05, 3.63) is 47.3 Å². The van der Waals surface area contributed by atoms with E-state index in [0.717, 1.165) is 22.8 Å². The van der Waals surface area contributed by atoms with Gasteiger partial charge in [0.1, 0.15) is 11.9 Å². The van der Waals surface area contributed by atoms with Crippen molar-refractivity contribution in [2.24, 2.45) is 4.99 Å². The van der Waals surface area contributed by atoms with Crippen LogP contribution in [0, 0.1) is 6.92 Å². The van der Waals surface area contributed by atoms with Gasteiger partial charge in [-0.1, -0.05) is 37.2 Å². The van der Waals surface area contributed by atoms with Crippen molar-refractivity contribution in [1.29, 1.82) is 0 Å². The number of benzene rings is 1. The molecule has 6 nitrogen and oxygen atoms in total. The van der Waals surface area contributed by atoms with Gasteiger partial charge in [-0.25, -0.2) is 0 Å². The summed E-state index contributed by atoms with van der Waals surface area (Å²) in [5.74, 6) is 2.75. The largest absolute Gasteiger partial charge is 0.489 e. The van der Waals surface area contributed by atoms with E-state index in [9.17, 15) is 0 Å². The lowest BCUT2D eigenvalue weighted by Gasteiger charge is -2.18. The number of ether oxygens (including phenoxy) is 1. The van der Waals surface area contributed by atoms with Gasteiger partial charge in [0.2, 0.25) is 0 Å². The first kappa shape index (κ1) is 18.8. The van der Waals surface area contributed by atoms with Crippen LogP contribution in [0.2, 0.25) is 0 Å². The van der Waals surface area contributed by atoms with Crippen LogP contribution in [0.25, 0.3) is 0 Å². The fourth-order valence-corrected chi connectivity index (χ4v) is 2.26. The molecule has 1 aromatic carbocycles. The van der Waals surface area contributed by atoms with Gasteiger partial charge in [-0.15, -0.1) is 0 Å². The summed E-state index contributed by atoms with van der Waals surface area (Å²) in [6.07, 6.45) is 0.0115. The maximum atomic E-state index is 5.96. The van der Waals surface area contributed by atoms with Crippen LogP contribution in [0.3, 0.4) is 0 Å². The normalized spacial score (nSPS) is 13.0. The minimum absolute atomic E-state index is 0.0115. The number of aromatic nitrogens is 1. The molecule has 2 rings (SSSR count). The first-order chi connectivity index (χ1) is 12.0. The Kier molecular flexibility index (Phi) is 6.86. The maximum Gasteiger partial charge on any atom is 0.191 e. The van der Waals surface area contributed by atoms with Gasteiger partial charge in [0.15, 0.2) is 11.7 Å². The van der Waals surface area contributed by atoms with Crippen molar-refractivity contribution >= 4 is 5.96 Å². The highest BCUT2D eigenvalue weighted by molar-refractivity contribution is 5.79. The summed E-state index contributed by atoms with van der Waals surface area (Å²) in [7, 11) is 1.74. The van der Waals surface area contributed by atoms with E-state index in [1.165, 1.54) is 0 Å². The molecule has 6 heteroatoms. The zero-order chi connectivity index (χ0) is 18.2. The third kappa shape index (κ3) is 5.81. The summed E-state index contributed by atoms with van der Waals surface area (Å²) < 4.78 is 11.3. The number of hydrogen-bond acceptors (Lipinski definition) is 4. The molecule has 2 N–H and O–H groups in total. The Morgan fingerprint density at radius 2 is 2.00 bits per heavy atom. The molecule has 0 spiro atoms. The molecule has 0 amide bonds. The van der Waals surface area contributed by atoms with Crippen molar-refractivity contribution < 1.29 is 9.26 Å². The zero-order valence-electron chi connectivity index (χ0n) is 15.7. The monoisotopic (exact) mass is 344 g/mol. The van der Waals surface area contributed by atoms with Gasteiger partial charge in [0, 0.05) is 13.1 Å². The Morgan fingerprint density at radius 3 is 2.64 bits per heavy atom. The standard InChI is InChI=1S/C19H28N4O2/c1-13(2)17-10-16(25-23-17)12-22-19(20-5)21-11-15(4)24-18-9-7-6-8-14(18)3/h6-10,13,15H,11-12H2,1-5H3,(H2,20,21,22). The van der Waals surface area contributed by atoms with Crippen molar-refractivity contribution in [1.82, 2.24) is 15.8 Å². The summed E-state index contributed by atoms with van der Waals surface area (Å²) in [4.78, 5) is 4.22. The highest BCUT2D eigenvalue weighted by Crippen LogP contribution is 2.17. The van der Waals surface area contributed by atoms with Crippen LogP contribution >= 0.6 is 0 Å². The van der Waals surface area contributed by atoms with Crippen molar-refractivity contribution in [2.75, 3.05) is 13.6 Å². The van der Waals surface area contributed by atoms with Crippen LogP contribution < -0.4 is 15.4 Å². The number of aryl methyl sites for hydroxylation is 1. The molecule has 0 aliphatic rings. The number of para-hydroxylation sites is 1. The van der Waals surface area contributed by atoms with Crippen molar-refractivity contribution in [3.8, 4) is 5.75 Å². The Bertz CT molecular complexity index is 694. The van der Waals surface area contributed by atoms with E-state index in [4.69, 9.17) is 9.26 Å². The SMILES string of the molecule is CN=C(NCc1cc(C(C)C)no1)NCC(C)Oc1ccccc1C. The Morgan fingerprint density at radius 1 is 1.24 bits per heavy atom. The third-order valence-electron chi connectivity index (χ3n) is 3.80. The van der Waals surface area contributed by atoms with Gasteiger partial charge in [0.05, 0.1) is 18.8 Å². The van der Waals surface area contributed by atoms with E-state index in [1.807, 2.05) is 44.2 Å². The summed E-state index contributed by atoms with van der Waals surface area (Å²) in [6.45, 7) is 9.42. The van der Waals surface area contributed by atoms with Gasteiger partial charge in [-0.3, -0.25) is 4.99 Å². The van der Waals surface area contributed by atoms with Crippen molar-refractivity contribution in [2.45, 2.75) is 46.3 Å². The zero-order valence-corrected chi connectivity index (χ0v) is 15.7. The summed E-state index contributed by atoms with van der Waals surface area (Å²) in [5, 5.41) is 10.5. The molecule has 0 aliphatic carbocycles. The minimum atomic E-state index is 0.0115. The van der Waals surface area contributed by atoms with Crippen LogP contribution in [0.5, 0.6) is 5.75 Å². The highest BCUT2D eigenvalue weighted by atomic mass is 16.5. The van der Waals surface area contributed by atoms with Crippen LogP contribution in [0.1, 0.15) is 43.7 Å². The molecular formula is C19H28N4O2. The number of guanidine groups is 1. The molecule has 136 valence electrons. The second kappa shape index (κ2) is 9.11. The topological polar surface area (TPSA) is 71.7 Å². The first-order valence-electron chi connectivity index (χ1n) is 8.62. The molecule has 25 heavy (non-hydrogen) atoms. The van der Waals surface area contributed by atoms with E-state index in [2.05, 4.69) is 34.6 Å². The molecule has 1 heterocycles. The van der Waals surface area contributed by atoms with E-state index in [0.29, 0.717) is 25.0 Å². The van der Waals surface area contributed by atoms with Gasteiger partial charge in [-0.05, 0) is 31.4 Å². The summed E-state index contributed by atoms with van der Waals surface area (Å²) in [5.41, 5.74) is 2.09. The second-order valence-corrected chi connectivity index (χ2v) is 6.37. The predicted octanol–water partition coefficient (Wildman–Crippen LogP) is 3.24. The van der Waals surface area contributed by atoms with Crippen LogP contribution in [-0.2, 0) is 6.54 Å². The van der Waals surface area contributed by atoms with E-state index in [1.54, 1.807) is 7.05 Å². The number of nitrogens with zero attached hydrogens (tertiary/aromatic N) is 2. The summed E-state index contributed by atoms with van der Waals surface area (Å²) >= 11 is 0. The Labute approximate surface area is 149 Å². The minimum Gasteiger partial charge on any atom is -0.489 e. The quantitative estimate of drug-likeness (QED) is 0.596. The molecule has 0 radical (unpaired) electrons. The lowest BCUT2D eigenvalue weighted by Crippen LogP contribution is -2.41. The molecule has 1 unspecified atom stereocenters. The predicted molar refractivity (Wildman–Crippen MR) is 100 cm³/mol. The van der Waals surface area contributed by atoms with Gasteiger partial charge in [0.25, 0.3) is 0 Å². The van der Waals surface area contributed by atoms with E-state index >= 15 is 0 Å². The molecule has 0 aliphatic heterocycles. The van der Waals surface area contributed by atoms with Crippen LogP contribution in [-0.4, -0.2) is 30.8 Å². The average Bonchev–Trinajstić information content (AvgIpc) is 3.06. The smallest absolute Gasteiger partial charge is 0.191 e. The Balaban J connectivity index is 1.78. The molecule has 0 saturated heterocycles. The van der Waals surface area contributed by atoms with Crippen molar-refractivity contribution in [3.63, 3.8) is 0 Å². The highest BCUT2D eigenvalue weighted by Gasteiger charge is 2.10. The third-order valence-corrected chi connectivity index (χ3v) is 3.80. The molecule has 1 aromatic heterocycles. The number of nitrogens with one attached hydrogen (secondary N) is 2. The van der Waals surface area contributed by atoms with Gasteiger partial charge in [-0.2, -0.15) is 0 Å². The number of aliphatic imine (C=N–C) groups is 1. The van der Waals surface area contributed by atoms with Gasteiger partial charge < -0.3 is 19.9 Å². The van der Waals surface area contributed by atoms with Crippen LogP contribution in [0.15, 0.2) is 39.8 Å². The molecule has 0 saturated carbocycles.